The Morgan fingerprint density at radius 1 is 1.12 bits per heavy atom. The van der Waals surface area contributed by atoms with Crippen LogP contribution in [0.5, 0.6) is 0 Å². The Hall–Kier alpha value is -1.92. The molecule has 4 unspecified atom stereocenters. The molecular weight excluding hydrogens is 424 g/mol. The van der Waals surface area contributed by atoms with Crippen molar-refractivity contribution in [2.24, 2.45) is 11.8 Å². The van der Waals surface area contributed by atoms with E-state index >= 15 is 0 Å². The summed E-state index contributed by atoms with van der Waals surface area (Å²) in [6.07, 6.45) is 7.63. The van der Waals surface area contributed by atoms with Gasteiger partial charge in [0.05, 0.1) is 6.04 Å². The van der Waals surface area contributed by atoms with Crippen LogP contribution < -0.4 is 10.6 Å². The molecule has 1 aliphatic heterocycles. The summed E-state index contributed by atoms with van der Waals surface area (Å²) < 4.78 is 0. The van der Waals surface area contributed by atoms with Crippen molar-refractivity contribution in [2.75, 3.05) is 33.2 Å². The summed E-state index contributed by atoms with van der Waals surface area (Å²) in [5, 5.41) is 6.17. The van der Waals surface area contributed by atoms with E-state index in [1.54, 1.807) is 7.05 Å². The van der Waals surface area contributed by atoms with Gasteiger partial charge < -0.3 is 20.4 Å². The normalized spacial score (nSPS) is 23.1. The number of hydrogen-bond donors (Lipinski definition) is 2. The molecule has 6 nitrogen and oxygen atoms in total. The van der Waals surface area contributed by atoms with Gasteiger partial charge in [-0.2, -0.15) is 0 Å². The second-order valence-corrected chi connectivity index (χ2v) is 10.4. The first-order valence-electron chi connectivity index (χ1n) is 13.5. The van der Waals surface area contributed by atoms with E-state index in [1.807, 2.05) is 6.92 Å². The van der Waals surface area contributed by atoms with Crippen molar-refractivity contribution in [2.45, 2.75) is 83.8 Å². The fourth-order valence-corrected chi connectivity index (χ4v) is 5.57. The maximum Gasteiger partial charge on any atom is 0.245 e. The molecule has 2 N–H and O–H groups in total. The molecule has 0 radical (unpaired) electrons. The summed E-state index contributed by atoms with van der Waals surface area (Å²) in [7, 11) is 1.79. The van der Waals surface area contributed by atoms with Crippen LogP contribution in [0.1, 0.15) is 64.9 Å². The van der Waals surface area contributed by atoms with Crippen LogP contribution in [0.3, 0.4) is 0 Å². The molecule has 1 aromatic rings. The van der Waals surface area contributed by atoms with Crippen molar-refractivity contribution in [3.05, 3.63) is 35.9 Å². The average Bonchev–Trinajstić information content (AvgIpc) is 3.24. The third kappa shape index (κ3) is 7.05. The Morgan fingerprint density at radius 2 is 1.82 bits per heavy atom. The Morgan fingerprint density at radius 3 is 2.47 bits per heavy atom. The van der Waals surface area contributed by atoms with Crippen molar-refractivity contribution in [1.29, 1.82) is 0 Å². The topological polar surface area (TPSA) is 64.7 Å². The first-order chi connectivity index (χ1) is 16.4. The van der Waals surface area contributed by atoms with Crippen LogP contribution in [-0.2, 0) is 16.0 Å². The number of hydrogen-bond acceptors (Lipinski definition) is 4. The Kier molecular flexibility index (Phi) is 10.4. The van der Waals surface area contributed by atoms with E-state index in [4.69, 9.17) is 0 Å². The molecule has 0 aromatic heterocycles. The molecule has 0 bridgehead atoms. The molecule has 2 aliphatic rings. The quantitative estimate of drug-likeness (QED) is 0.520. The lowest BCUT2D eigenvalue weighted by Gasteiger charge is -2.37. The van der Waals surface area contributed by atoms with Crippen molar-refractivity contribution in [3.8, 4) is 0 Å². The number of nitrogens with zero attached hydrogens (tertiary/aromatic N) is 2. The average molecular weight is 471 g/mol. The zero-order valence-electron chi connectivity index (χ0n) is 21.8. The highest BCUT2D eigenvalue weighted by molar-refractivity contribution is 5.90. The first-order valence-corrected chi connectivity index (χ1v) is 13.5. The number of nitrogens with one attached hydrogen (secondary N) is 2. The molecule has 1 aromatic carbocycles. The van der Waals surface area contributed by atoms with Gasteiger partial charge in [-0.25, -0.2) is 0 Å². The predicted octanol–water partition coefficient (Wildman–Crippen LogP) is 3.46. The van der Waals surface area contributed by atoms with Gasteiger partial charge in [0.15, 0.2) is 0 Å². The molecule has 190 valence electrons. The highest BCUT2D eigenvalue weighted by atomic mass is 16.2. The summed E-state index contributed by atoms with van der Waals surface area (Å²) in [4.78, 5) is 31.3. The fraction of sp³-hybridized carbons (Fsp3) is 0.714. The van der Waals surface area contributed by atoms with Gasteiger partial charge in [-0.05, 0) is 63.6 Å². The minimum Gasteiger partial charge on any atom is -0.343 e. The van der Waals surface area contributed by atoms with Crippen LogP contribution in [0.15, 0.2) is 30.3 Å². The zero-order chi connectivity index (χ0) is 24.5. The van der Waals surface area contributed by atoms with Crippen LogP contribution in [0, 0.1) is 11.8 Å². The number of benzene rings is 1. The number of amides is 2. The molecule has 1 saturated carbocycles. The van der Waals surface area contributed by atoms with E-state index < -0.39 is 6.04 Å². The van der Waals surface area contributed by atoms with Crippen LogP contribution in [0.4, 0.5) is 0 Å². The molecule has 1 saturated heterocycles. The van der Waals surface area contributed by atoms with E-state index in [-0.39, 0.29) is 29.8 Å². The van der Waals surface area contributed by atoms with Gasteiger partial charge >= 0.3 is 0 Å². The molecule has 6 heteroatoms. The molecule has 1 heterocycles. The van der Waals surface area contributed by atoms with E-state index in [1.165, 1.54) is 12.0 Å². The van der Waals surface area contributed by atoms with Crippen LogP contribution in [0.2, 0.25) is 0 Å². The van der Waals surface area contributed by atoms with Crippen LogP contribution >= 0.6 is 0 Å². The fourth-order valence-electron chi connectivity index (χ4n) is 5.57. The number of carbonyl (C=O) groups is 2. The molecule has 0 spiro atoms. The molecule has 2 amide bonds. The first kappa shape index (κ1) is 26.7. The van der Waals surface area contributed by atoms with E-state index in [0.717, 1.165) is 64.7 Å². The van der Waals surface area contributed by atoms with Crippen LogP contribution in [0.25, 0.3) is 0 Å². The summed E-state index contributed by atoms with van der Waals surface area (Å²) in [6.45, 7) is 10.00. The lowest BCUT2D eigenvalue weighted by Crippen LogP contribution is -2.58. The molecule has 1 aliphatic carbocycles. The Bertz CT molecular complexity index is 765. The van der Waals surface area contributed by atoms with Gasteiger partial charge in [0.25, 0.3) is 0 Å². The molecular formula is C28H46N4O2. The maximum atomic E-state index is 14.0. The monoisotopic (exact) mass is 470 g/mol. The number of likely N-dealkylation sites (tertiary alicyclic amines) is 1. The van der Waals surface area contributed by atoms with Crippen LogP contribution in [-0.4, -0.2) is 73.0 Å². The number of carbonyl (C=O) groups excluding carboxylic acids is 2. The number of likely N-dealkylation sites (N-methyl/N-ethyl adjacent to an activating group) is 2. The smallest absolute Gasteiger partial charge is 0.245 e. The van der Waals surface area contributed by atoms with Gasteiger partial charge in [0, 0.05) is 25.7 Å². The van der Waals surface area contributed by atoms with Crippen molar-refractivity contribution in [3.63, 3.8) is 0 Å². The summed E-state index contributed by atoms with van der Waals surface area (Å²) in [5.74, 6) is 0.769. The SMILES string of the molecule is CCN(CCc1ccccc1)CC1C(C)CCN1C(=O)C(NC(=O)C(C)NC)C1CCCCC1. The van der Waals surface area contributed by atoms with Gasteiger partial charge in [0.2, 0.25) is 11.8 Å². The lowest BCUT2D eigenvalue weighted by atomic mass is 9.83. The van der Waals surface area contributed by atoms with Crippen molar-refractivity contribution >= 4 is 11.8 Å². The standard InChI is InChI=1S/C28H46N4O2/c1-5-31(18-17-23-12-8-6-9-13-23)20-25-21(2)16-19-32(25)28(34)26(24-14-10-7-11-15-24)30-27(33)22(3)29-4/h6,8-9,12-13,21-22,24-26,29H,5,7,10-11,14-20H2,1-4H3,(H,30,33). The number of rotatable bonds is 11. The van der Waals surface area contributed by atoms with Gasteiger partial charge in [-0.15, -0.1) is 0 Å². The summed E-state index contributed by atoms with van der Waals surface area (Å²) in [6, 6.07) is 10.1. The van der Waals surface area contributed by atoms with Gasteiger partial charge in [0.1, 0.15) is 6.04 Å². The third-order valence-corrected chi connectivity index (χ3v) is 8.13. The highest BCUT2D eigenvalue weighted by Crippen LogP contribution is 2.31. The van der Waals surface area contributed by atoms with Crippen molar-refractivity contribution < 1.29 is 9.59 Å². The summed E-state index contributed by atoms with van der Waals surface area (Å²) >= 11 is 0. The maximum absolute atomic E-state index is 14.0. The highest BCUT2D eigenvalue weighted by Gasteiger charge is 2.41. The second kappa shape index (κ2) is 13.2. The third-order valence-electron chi connectivity index (χ3n) is 8.13. The van der Waals surface area contributed by atoms with E-state index in [0.29, 0.717) is 5.92 Å². The van der Waals surface area contributed by atoms with Crippen molar-refractivity contribution in [1.82, 2.24) is 20.4 Å². The Labute approximate surface area is 206 Å². The predicted molar refractivity (Wildman–Crippen MR) is 139 cm³/mol. The summed E-state index contributed by atoms with van der Waals surface area (Å²) in [5.41, 5.74) is 1.35. The largest absolute Gasteiger partial charge is 0.343 e. The molecule has 4 atom stereocenters. The van der Waals surface area contributed by atoms with Gasteiger partial charge in [-0.1, -0.05) is 63.4 Å². The van der Waals surface area contributed by atoms with Gasteiger partial charge in [-0.3, -0.25) is 9.59 Å². The Balaban J connectivity index is 1.70. The minimum atomic E-state index is -0.407. The zero-order valence-corrected chi connectivity index (χ0v) is 21.8. The lowest BCUT2D eigenvalue weighted by molar-refractivity contribution is -0.140. The second-order valence-electron chi connectivity index (χ2n) is 10.4. The van der Waals surface area contributed by atoms with E-state index in [2.05, 4.69) is 64.6 Å². The minimum absolute atomic E-state index is 0.0757. The van der Waals surface area contributed by atoms with E-state index in [9.17, 15) is 9.59 Å². The molecule has 3 rings (SSSR count). The molecule has 2 fully saturated rings. The molecule has 34 heavy (non-hydrogen) atoms.